The summed E-state index contributed by atoms with van der Waals surface area (Å²) in [4.78, 5) is 1.45. The monoisotopic (exact) mass is 343 g/mol. The molecule has 106 valence electrons. The van der Waals surface area contributed by atoms with Crippen molar-refractivity contribution in [3.05, 3.63) is 20.8 Å². The summed E-state index contributed by atoms with van der Waals surface area (Å²) in [6.45, 7) is 0.940. The van der Waals surface area contributed by atoms with E-state index in [0.29, 0.717) is 12.0 Å². The van der Waals surface area contributed by atoms with Gasteiger partial charge in [0.05, 0.1) is 9.39 Å². The molecule has 0 amide bonds. The van der Waals surface area contributed by atoms with Crippen LogP contribution < -0.4 is 5.32 Å². The van der Waals surface area contributed by atoms with Crippen molar-refractivity contribution in [2.24, 2.45) is 5.92 Å². The van der Waals surface area contributed by atoms with Gasteiger partial charge in [0.1, 0.15) is 0 Å². The molecule has 1 spiro atoms. The number of rotatable bonds is 3. The Kier molecular flexibility index (Phi) is 4.32. The molecule has 1 aromatic rings. The fourth-order valence-electron chi connectivity index (χ4n) is 3.82. The van der Waals surface area contributed by atoms with Crippen LogP contribution in [0, 0.1) is 5.92 Å². The predicted octanol–water partition coefficient (Wildman–Crippen LogP) is 4.51. The average Bonchev–Trinajstić information content (AvgIpc) is 3.01. The topological polar surface area (TPSA) is 21.3 Å². The molecule has 1 N–H and O–H groups in total. The molecule has 19 heavy (non-hydrogen) atoms. The fourth-order valence-corrected chi connectivity index (χ4v) is 5.45. The summed E-state index contributed by atoms with van der Waals surface area (Å²) >= 11 is 5.44. The van der Waals surface area contributed by atoms with Crippen molar-refractivity contribution in [3.63, 3.8) is 0 Å². The van der Waals surface area contributed by atoms with Crippen molar-refractivity contribution < 1.29 is 4.74 Å². The molecule has 2 heterocycles. The lowest BCUT2D eigenvalue weighted by Gasteiger charge is -2.41. The van der Waals surface area contributed by atoms with Gasteiger partial charge >= 0.3 is 0 Å². The molecule has 0 radical (unpaired) electrons. The minimum Gasteiger partial charge on any atom is -0.375 e. The zero-order chi connectivity index (χ0) is 13.3. The molecule has 1 aliphatic heterocycles. The first-order chi connectivity index (χ1) is 9.22. The normalized spacial score (nSPS) is 27.8. The zero-order valence-corrected chi connectivity index (χ0v) is 13.9. The van der Waals surface area contributed by atoms with Gasteiger partial charge in [0, 0.05) is 17.5 Å². The first-order valence-electron chi connectivity index (χ1n) is 7.29. The molecular formula is C15H22BrNOS. The van der Waals surface area contributed by atoms with E-state index in [1.54, 1.807) is 0 Å². The van der Waals surface area contributed by atoms with Gasteiger partial charge in [0.25, 0.3) is 0 Å². The standard InChI is InChI=1S/C15H22BrNOS/c1-17-14(12-4-5-13(16)19-12)11-6-9-18-15(10-11)7-2-3-8-15/h4-5,11,14,17H,2-3,6-10H2,1H3. The Hall–Kier alpha value is 0.1000. The highest BCUT2D eigenvalue weighted by Crippen LogP contribution is 2.46. The van der Waals surface area contributed by atoms with Gasteiger partial charge < -0.3 is 10.1 Å². The smallest absolute Gasteiger partial charge is 0.0701 e. The Morgan fingerprint density at radius 3 is 2.84 bits per heavy atom. The van der Waals surface area contributed by atoms with Crippen molar-refractivity contribution in [1.29, 1.82) is 0 Å². The van der Waals surface area contributed by atoms with Gasteiger partial charge in [0.2, 0.25) is 0 Å². The quantitative estimate of drug-likeness (QED) is 0.871. The van der Waals surface area contributed by atoms with Gasteiger partial charge in [-0.1, -0.05) is 12.8 Å². The number of nitrogens with one attached hydrogen (secondary N) is 1. The molecular weight excluding hydrogens is 322 g/mol. The molecule has 0 aromatic carbocycles. The van der Waals surface area contributed by atoms with Gasteiger partial charge in [-0.3, -0.25) is 0 Å². The highest BCUT2D eigenvalue weighted by Gasteiger charge is 2.42. The van der Waals surface area contributed by atoms with E-state index in [-0.39, 0.29) is 5.60 Å². The average molecular weight is 344 g/mol. The van der Waals surface area contributed by atoms with Crippen LogP contribution in [0.5, 0.6) is 0 Å². The lowest BCUT2D eigenvalue weighted by Crippen LogP contribution is -2.41. The molecule has 2 unspecified atom stereocenters. The van der Waals surface area contributed by atoms with E-state index in [9.17, 15) is 0 Å². The molecule has 2 atom stereocenters. The third-order valence-electron chi connectivity index (χ3n) is 4.73. The van der Waals surface area contributed by atoms with Crippen LogP contribution >= 0.6 is 27.3 Å². The second-order valence-corrected chi connectivity index (χ2v) is 8.39. The maximum atomic E-state index is 6.16. The molecule has 2 nitrogen and oxygen atoms in total. The molecule has 2 fully saturated rings. The lowest BCUT2D eigenvalue weighted by molar-refractivity contribution is -0.0977. The van der Waals surface area contributed by atoms with Crippen LogP contribution in [0.15, 0.2) is 15.9 Å². The number of halogens is 1. The van der Waals surface area contributed by atoms with Gasteiger partial charge in [-0.05, 0) is 66.7 Å². The Balaban J connectivity index is 1.76. The summed E-state index contributed by atoms with van der Waals surface area (Å²) in [6.07, 6.45) is 7.65. The van der Waals surface area contributed by atoms with Gasteiger partial charge in [-0.25, -0.2) is 0 Å². The summed E-state index contributed by atoms with van der Waals surface area (Å²) in [7, 11) is 2.09. The molecule has 1 aromatic heterocycles. The fraction of sp³-hybridized carbons (Fsp3) is 0.733. The Morgan fingerprint density at radius 2 is 2.21 bits per heavy atom. The molecule has 3 rings (SSSR count). The van der Waals surface area contributed by atoms with E-state index in [1.165, 1.54) is 47.2 Å². The van der Waals surface area contributed by atoms with Crippen molar-refractivity contribution in [2.45, 2.75) is 50.2 Å². The van der Waals surface area contributed by atoms with Gasteiger partial charge in [0.15, 0.2) is 0 Å². The van der Waals surface area contributed by atoms with Crippen LogP contribution in [0.3, 0.4) is 0 Å². The lowest BCUT2D eigenvalue weighted by atomic mass is 9.80. The zero-order valence-electron chi connectivity index (χ0n) is 11.5. The Morgan fingerprint density at radius 1 is 1.42 bits per heavy atom. The molecule has 2 aliphatic rings. The molecule has 1 saturated carbocycles. The Labute approximate surface area is 128 Å². The van der Waals surface area contributed by atoms with Crippen LogP contribution in [0.4, 0.5) is 0 Å². The maximum Gasteiger partial charge on any atom is 0.0701 e. The molecule has 4 heteroatoms. The molecule has 0 bridgehead atoms. The van der Waals surface area contributed by atoms with Gasteiger partial charge in [-0.2, -0.15) is 0 Å². The summed E-state index contributed by atoms with van der Waals surface area (Å²) < 4.78 is 7.39. The largest absolute Gasteiger partial charge is 0.375 e. The first-order valence-corrected chi connectivity index (χ1v) is 8.90. The highest BCUT2D eigenvalue weighted by atomic mass is 79.9. The van der Waals surface area contributed by atoms with E-state index in [4.69, 9.17) is 4.74 Å². The third-order valence-corrected chi connectivity index (χ3v) is 6.44. The number of hydrogen-bond donors (Lipinski definition) is 1. The van der Waals surface area contributed by atoms with E-state index < -0.39 is 0 Å². The van der Waals surface area contributed by atoms with E-state index in [0.717, 1.165) is 6.61 Å². The summed E-state index contributed by atoms with van der Waals surface area (Å²) in [5.74, 6) is 0.711. The van der Waals surface area contributed by atoms with Crippen LogP contribution in [-0.4, -0.2) is 19.3 Å². The number of hydrogen-bond acceptors (Lipinski definition) is 3. The highest BCUT2D eigenvalue weighted by molar-refractivity contribution is 9.11. The van der Waals surface area contributed by atoms with Crippen LogP contribution in [-0.2, 0) is 4.74 Å². The van der Waals surface area contributed by atoms with Crippen LogP contribution in [0.25, 0.3) is 0 Å². The van der Waals surface area contributed by atoms with Crippen LogP contribution in [0.2, 0.25) is 0 Å². The summed E-state index contributed by atoms with van der Waals surface area (Å²) in [5.41, 5.74) is 0.215. The third kappa shape index (κ3) is 2.92. The predicted molar refractivity (Wildman–Crippen MR) is 83.7 cm³/mol. The molecule has 1 saturated heterocycles. The number of thiophene rings is 1. The minimum atomic E-state index is 0.215. The molecule has 1 aliphatic carbocycles. The SMILES string of the molecule is CNC(c1ccc(Br)s1)C1CCOC2(CCCC2)C1. The summed E-state index contributed by atoms with van der Waals surface area (Å²) in [5, 5.41) is 3.54. The first kappa shape index (κ1) is 14.1. The second-order valence-electron chi connectivity index (χ2n) is 5.90. The van der Waals surface area contributed by atoms with Crippen molar-refractivity contribution >= 4 is 27.3 Å². The van der Waals surface area contributed by atoms with Gasteiger partial charge in [-0.15, -0.1) is 11.3 Å². The van der Waals surface area contributed by atoms with Crippen molar-refractivity contribution in [2.75, 3.05) is 13.7 Å². The maximum absolute atomic E-state index is 6.16. The van der Waals surface area contributed by atoms with Crippen LogP contribution in [0.1, 0.15) is 49.4 Å². The van der Waals surface area contributed by atoms with E-state index in [1.807, 2.05) is 11.3 Å². The number of ether oxygens (including phenoxy) is 1. The van der Waals surface area contributed by atoms with Crippen molar-refractivity contribution in [3.8, 4) is 0 Å². The second kappa shape index (κ2) is 5.84. The summed E-state index contributed by atoms with van der Waals surface area (Å²) in [6, 6.07) is 4.90. The Bertz CT molecular complexity index is 428. The van der Waals surface area contributed by atoms with Crippen molar-refractivity contribution in [1.82, 2.24) is 5.32 Å². The van der Waals surface area contributed by atoms with E-state index in [2.05, 4.69) is 40.4 Å². The minimum absolute atomic E-state index is 0.215. The van der Waals surface area contributed by atoms with E-state index >= 15 is 0 Å².